The van der Waals surface area contributed by atoms with Gasteiger partial charge in [0.2, 0.25) is 0 Å². The van der Waals surface area contributed by atoms with Gasteiger partial charge in [-0.3, -0.25) is 9.48 Å². The molecule has 0 aliphatic heterocycles. The molecule has 4 aromatic rings. The minimum absolute atomic E-state index is 0.259. The van der Waals surface area contributed by atoms with E-state index < -0.39 is 0 Å². The van der Waals surface area contributed by atoms with Crippen molar-refractivity contribution >= 4 is 5.91 Å². The molecule has 3 aromatic heterocycles. The van der Waals surface area contributed by atoms with E-state index in [1.807, 2.05) is 23.7 Å². The molecule has 1 N–H and O–H groups in total. The summed E-state index contributed by atoms with van der Waals surface area (Å²) in [5.74, 6) is 0.906. The van der Waals surface area contributed by atoms with Gasteiger partial charge in [0.25, 0.3) is 5.91 Å². The fourth-order valence-electron chi connectivity index (χ4n) is 4.00. The summed E-state index contributed by atoms with van der Waals surface area (Å²) in [5.41, 5.74) is 7.04. The Labute approximate surface area is 173 Å². The molecule has 0 atom stereocenters. The summed E-state index contributed by atoms with van der Waals surface area (Å²) in [6.07, 6.45) is 5.20. The van der Waals surface area contributed by atoms with Crippen LogP contribution in [-0.4, -0.2) is 20.8 Å². The standard InChI is InChI=1S/C23H22N4O3/c1-14-5-3-4-6-16(14)12-27-13-17-7-8-19-20(21(17)25-27)15(2)22(30-19)23(28)24-11-18-9-10-29-26-18/h3-6,9-10,13H,7-8,11-12H2,1-2H3,(H,24,28). The molecule has 1 aromatic carbocycles. The summed E-state index contributed by atoms with van der Waals surface area (Å²) >= 11 is 0. The molecule has 1 aliphatic rings. The molecule has 30 heavy (non-hydrogen) atoms. The lowest BCUT2D eigenvalue weighted by atomic mass is 9.93. The fraction of sp³-hybridized carbons (Fsp3) is 0.261. The number of benzene rings is 1. The second kappa shape index (κ2) is 7.33. The van der Waals surface area contributed by atoms with E-state index in [0.717, 1.165) is 42.0 Å². The summed E-state index contributed by atoms with van der Waals surface area (Å²) in [5, 5.41) is 11.5. The highest BCUT2D eigenvalue weighted by molar-refractivity contribution is 5.95. The Morgan fingerprint density at radius 1 is 1.20 bits per heavy atom. The zero-order valence-electron chi connectivity index (χ0n) is 16.9. The van der Waals surface area contributed by atoms with Crippen molar-refractivity contribution in [3.8, 4) is 11.3 Å². The molecule has 0 saturated heterocycles. The van der Waals surface area contributed by atoms with E-state index in [4.69, 9.17) is 14.0 Å². The van der Waals surface area contributed by atoms with Gasteiger partial charge in [0.1, 0.15) is 17.7 Å². The maximum atomic E-state index is 12.7. The third kappa shape index (κ3) is 3.22. The lowest BCUT2D eigenvalue weighted by molar-refractivity contribution is 0.0919. The van der Waals surface area contributed by atoms with Crippen LogP contribution in [0, 0.1) is 13.8 Å². The van der Waals surface area contributed by atoms with Crippen molar-refractivity contribution in [1.82, 2.24) is 20.3 Å². The van der Waals surface area contributed by atoms with Crippen molar-refractivity contribution in [2.45, 2.75) is 39.8 Å². The van der Waals surface area contributed by atoms with Crippen molar-refractivity contribution in [2.24, 2.45) is 0 Å². The Kier molecular flexibility index (Phi) is 4.50. The lowest BCUT2D eigenvalue weighted by Gasteiger charge is -2.09. The number of aromatic nitrogens is 3. The summed E-state index contributed by atoms with van der Waals surface area (Å²) in [6.45, 7) is 5.04. The molecule has 0 radical (unpaired) electrons. The highest BCUT2D eigenvalue weighted by Crippen LogP contribution is 2.38. The molecular formula is C23H22N4O3. The van der Waals surface area contributed by atoms with Crippen LogP contribution < -0.4 is 5.32 Å². The Balaban J connectivity index is 1.42. The quantitative estimate of drug-likeness (QED) is 0.548. The largest absolute Gasteiger partial charge is 0.455 e. The summed E-state index contributed by atoms with van der Waals surface area (Å²) in [7, 11) is 0. The van der Waals surface area contributed by atoms with Crippen LogP contribution in [0.1, 0.15) is 44.3 Å². The molecule has 0 fully saturated rings. The molecule has 152 valence electrons. The number of carbonyl (C=O) groups excluding carboxylic acids is 1. The zero-order chi connectivity index (χ0) is 20.7. The monoisotopic (exact) mass is 402 g/mol. The number of carbonyl (C=O) groups is 1. The number of rotatable bonds is 5. The van der Waals surface area contributed by atoms with Gasteiger partial charge in [-0.25, -0.2) is 0 Å². The maximum absolute atomic E-state index is 12.7. The summed E-state index contributed by atoms with van der Waals surface area (Å²) in [6, 6.07) is 10.0. The number of amides is 1. The van der Waals surface area contributed by atoms with Gasteiger partial charge >= 0.3 is 0 Å². The maximum Gasteiger partial charge on any atom is 0.287 e. The lowest BCUT2D eigenvalue weighted by Crippen LogP contribution is -2.23. The highest BCUT2D eigenvalue weighted by atomic mass is 16.5. The number of nitrogens with zero attached hydrogens (tertiary/aromatic N) is 3. The highest BCUT2D eigenvalue weighted by Gasteiger charge is 2.29. The molecule has 0 saturated carbocycles. The van der Waals surface area contributed by atoms with Crippen molar-refractivity contribution in [3.63, 3.8) is 0 Å². The van der Waals surface area contributed by atoms with Crippen LogP contribution in [0.25, 0.3) is 11.3 Å². The average Bonchev–Trinajstić information content (AvgIpc) is 3.46. The third-order valence-corrected chi connectivity index (χ3v) is 5.64. The van der Waals surface area contributed by atoms with Gasteiger partial charge in [-0.1, -0.05) is 29.4 Å². The summed E-state index contributed by atoms with van der Waals surface area (Å²) in [4.78, 5) is 12.7. The van der Waals surface area contributed by atoms with Gasteiger partial charge in [0.15, 0.2) is 5.76 Å². The topological polar surface area (TPSA) is 86.1 Å². The van der Waals surface area contributed by atoms with Crippen LogP contribution in [0.3, 0.4) is 0 Å². The normalized spacial score (nSPS) is 12.5. The molecule has 1 amide bonds. The number of aryl methyl sites for hydroxylation is 3. The SMILES string of the molecule is Cc1ccccc1Cn1cc2c(n1)-c1c(oc(C(=O)NCc3ccon3)c1C)CC2. The summed E-state index contributed by atoms with van der Waals surface area (Å²) < 4.78 is 12.8. The predicted molar refractivity (Wildman–Crippen MR) is 110 cm³/mol. The van der Waals surface area contributed by atoms with Gasteiger partial charge in [-0.05, 0) is 37.0 Å². The molecular weight excluding hydrogens is 380 g/mol. The average molecular weight is 402 g/mol. The molecule has 3 heterocycles. The van der Waals surface area contributed by atoms with E-state index in [0.29, 0.717) is 11.5 Å². The van der Waals surface area contributed by atoms with Crippen molar-refractivity contribution < 1.29 is 13.7 Å². The van der Waals surface area contributed by atoms with E-state index in [-0.39, 0.29) is 12.5 Å². The minimum Gasteiger partial charge on any atom is -0.455 e. The third-order valence-electron chi connectivity index (χ3n) is 5.64. The zero-order valence-corrected chi connectivity index (χ0v) is 16.9. The Morgan fingerprint density at radius 3 is 2.87 bits per heavy atom. The fourth-order valence-corrected chi connectivity index (χ4v) is 4.00. The van der Waals surface area contributed by atoms with Gasteiger partial charge in [0, 0.05) is 29.8 Å². The van der Waals surface area contributed by atoms with E-state index >= 15 is 0 Å². The van der Waals surface area contributed by atoms with E-state index in [1.54, 1.807) is 6.07 Å². The molecule has 0 bridgehead atoms. The smallest absolute Gasteiger partial charge is 0.287 e. The first kappa shape index (κ1) is 18.4. The predicted octanol–water partition coefficient (Wildman–Crippen LogP) is 3.82. The van der Waals surface area contributed by atoms with Crippen LogP contribution in [0.4, 0.5) is 0 Å². The first-order valence-electron chi connectivity index (χ1n) is 10.0. The second-order valence-corrected chi connectivity index (χ2v) is 7.65. The van der Waals surface area contributed by atoms with Gasteiger partial charge < -0.3 is 14.3 Å². The minimum atomic E-state index is -0.259. The number of hydrogen-bond acceptors (Lipinski definition) is 5. The molecule has 0 spiro atoms. The number of fused-ring (bicyclic) bond motifs is 3. The van der Waals surface area contributed by atoms with Crippen molar-refractivity contribution in [2.75, 3.05) is 0 Å². The van der Waals surface area contributed by atoms with Crippen LogP contribution in [-0.2, 0) is 25.9 Å². The number of nitrogens with one attached hydrogen (secondary N) is 1. The molecule has 7 nitrogen and oxygen atoms in total. The van der Waals surface area contributed by atoms with Crippen LogP contribution >= 0.6 is 0 Å². The van der Waals surface area contributed by atoms with Gasteiger partial charge in [0.05, 0.1) is 18.8 Å². The second-order valence-electron chi connectivity index (χ2n) is 7.65. The number of furan rings is 1. The van der Waals surface area contributed by atoms with E-state index in [2.05, 4.69) is 35.7 Å². The van der Waals surface area contributed by atoms with Crippen LogP contribution in [0.5, 0.6) is 0 Å². The van der Waals surface area contributed by atoms with E-state index in [9.17, 15) is 4.79 Å². The molecule has 7 heteroatoms. The first-order chi connectivity index (χ1) is 14.6. The Hall–Kier alpha value is -3.61. The number of hydrogen-bond donors (Lipinski definition) is 1. The van der Waals surface area contributed by atoms with Crippen LogP contribution in [0.2, 0.25) is 0 Å². The van der Waals surface area contributed by atoms with Gasteiger partial charge in [-0.15, -0.1) is 0 Å². The van der Waals surface area contributed by atoms with Gasteiger partial charge in [-0.2, -0.15) is 5.10 Å². The van der Waals surface area contributed by atoms with Crippen LogP contribution in [0.15, 0.2) is 51.7 Å². The van der Waals surface area contributed by atoms with E-state index in [1.165, 1.54) is 23.0 Å². The van der Waals surface area contributed by atoms with Crippen molar-refractivity contribution in [1.29, 1.82) is 0 Å². The Morgan fingerprint density at radius 2 is 2.07 bits per heavy atom. The molecule has 0 unspecified atom stereocenters. The molecule has 5 rings (SSSR count). The first-order valence-corrected chi connectivity index (χ1v) is 10.0. The molecule has 1 aliphatic carbocycles. The van der Waals surface area contributed by atoms with Crippen molar-refractivity contribution in [3.05, 3.63) is 82.3 Å². The Bertz CT molecular complexity index is 1220.